The summed E-state index contributed by atoms with van der Waals surface area (Å²) in [5, 5.41) is 11.2. The van der Waals surface area contributed by atoms with Gasteiger partial charge in [-0.05, 0) is 39.3 Å². The van der Waals surface area contributed by atoms with Crippen LogP contribution in [-0.4, -0.2) is 48.2 Å². The molecule has 1 aromatic rings. The Morgan fingerprint density at radius 1 is 1.37 bits per heavy atom. The molecule has 0 spiro atoms. The van der Waals surface area contributed by atoms with Gasteiger partial charge in [0, 0.05) is 19.1 Å². The van der Waals surface area contributed by atoms with Gasteiger partial charge in [0.25, 0.3) is 0 Å². The molecule has 3 unspecified atom stereocenters. The van der Waals surface area contributed by atoms with E-state index in [4.69, 9.17) is 4.98 Å². The first-order chi connectivity index (χ1) is 9.06. The van der Waals surface area contributed by atoms with Gasteiger partial charge in [0.2, 0.25) is 0 Å². The average molecular weight is 281 g/mol. The van der Waals surface area contributed by atoms with Gasteiger partial charge in [-0.15, -0.1) is 0 Å². The number of aliphatic hydroxyl groups excluding tert-OH is 1. The van der Waals surface area contributed by atoms with Crippen LogP contribution >= 0.6 is 11.3 Å². The Labute approximate surface area is 119 Å². The summed E-state index contributed by atoms with van der Waals surface area (Å²) in [6, 6.07) is 0.603. The van der Waals surface area contributed by atoms with E-state index in [2.05, 4.69) is 30.8 Å². The van der Waals surface area contributed by atoms with Gasteiger partial charge in [-0.3, -0.25) is 0 Å². The fourth-order valence-electron chi connectivity index (χ4n) is 3.30. The molecule has 0 aromatic carbocycles. The number of fused-ring (bicyclic) bond motifs is 1. The maximum absolute atomic E-state index is 10.1. The van der Waals surface area contributed by atoms with Crippen LogP contribution in [0.2, 0.25) is 0 Å². The van der Waals surface area contributed by atoms with Crippen molar-refractivity contribution in [3.63, 3.8) is 0 Å². The van der Waals surface area contributed by atoms with E-state index in [0.29, 0.717) is 12.0 Å². The van der Waals surface area contributed by atoms with Gasteiger partial charge in [0.1, 0.15) is 0 Å². The molecule has 2 aliphatic rings. The van der Waals surface area contributed by atoms with E-state index in [-0.39, 0.29) is 6.10 Å². The summed E-state index contributed by atoms with van der Waals surface area (Å²) in [6.07, 6.45) is 2.71. The van der Waals surface area contributed by atoms with Crippen molar-refractivity contribution in [2.24, 2.45) is 5.92 Å². The van der Waals surface area contributed by atoms with Crippen molar-refractivity contribution in [1.82, 2.24) is 9.88 Å². The van der Waals surface area contributed by atoms with Gasteiger partial charge in [0.05, 0.1) is 16.7 Å². The highest BCUT2D eigenvalue weighted by atomic mass is 32.1. The number of rotatable bonds is 2. The second kappa shape index (κ2) is 5.04. The lowest BCUT2D eigenvalue weighted by atomic mass is 10.0. The highest BCUT2D eigenvalue weighted by Gasteiger charge is 2.33. The van der Waals surface area contributed by atoms with Crippen LogP contribution in [0.3, 0.4) is 0 Å². The maximum Gasteiger partial charge on any atom is 0.185 e. The van der Waals surface area contributed by atoms with Crippen molar-refractivity contribution in [1.29, 1.82) is 0 Å². The van der Waals surface area contributed by atoms with Gasteiger partial charge in [-0.1, -0.05) is 18.3 Å². The van der Waals surface area contributed by atoms with Gasteiger partial charge in [-0.25, -0.2) is 4.98 Å². The number of aryl methyl sites for hydroxylation is 1. The largest absolute Gasteiger partial charge is 0.388 e. The summed E-state index contributed by atoms with van der Waals surface area (Å²) in [5.74, 6) is 0.667. The van der Waals surface area contributed by atoms with E-state index in [9.17, 15) is 5.11 Å². The second-order valence-electron chi connectivity index (χ2n) is 6.13. The standard InChI is InChI=1S/C14H23N3OS/c1-9-7-17(8-11(9)16(2)3)14-15-10-5-4-6-12(18)13(10)19-14/h9,11-12,18H,4-8H2,1-3H3. The fraction of sp³-hybridized carbons (Fsp3) is 0.786. The molecule has 2 heterocycles. The molecule has 1 saturated heterocycles. The number of likely N-dealkylation sites (N-methyl/N-ethyl adjacent to an activating group) is 1. The Hall–Kier alpha value is -0.650. The minimum atomic E-state index is -0.278. The van der Waals surface area contributed by atoms with E-state index in [1.807, 2.05) is 0 Å². The molecule has 1 N–H and O–H groups in total. The number of hydrogen-bond donors (Lipinski definition) is 1. The molecule has 1 fully saturated rings. The van der Waals surface area contributed by atoms with E-state index >= 15 is 0 Å². The minimum absolute atomic E-state index is 0.278. The first-order valence-electron chi connectivity index (χ1n) is 7.15. The molecule has 4 nitrogen and oxygen atoms in total. The van der Waals surface area contributed by atoms with Crippen LogP contribution in [0.15, 0.2) is 0 Å². The molecule has 0 radical (unpaired) electrons. The predicted molar refractivity (Wildman–Crippen MR) is 78.9 cm³/mol. The Morgan fingerprint density at radius 2 is 2.16 bits per heavy atom. The SMILES string of the molecule is CC1CN(c2nc3c(s2)C(O)CCC3)CC1N(C)C. The van der Waals surface area contributed by atoms with Crippen molar-refractivity contribution < 1.29 is 5.11 Å². The lowest BCUT2D eigenvalue weighted by molar-refractivity contribution is 0.160. The van der Waals surface area contributed by atoms with Crippen molar-refractivity contribution in [2.45, 2.75) is 38.3 Å². The molecule has 5 heteroatoms. The summed E-state index contributed by atoms with van der Waals surface area (Å²) >= 11 is 1.70. The molecular weight excluding hydrogens is 258 g/mol. The monoisotopic (exact) mass is 281 g/mol. The Kier molecular flexibility index (Phi) is 3.53. The number of nitrogens with zero attached hydrogens (tertiary/aromatic N) is 3. The summed E-state index contributed by atoms with van der Waals surface area (Å²) in [5.41, 5.74) is 1.14. The average Bonchev–Trinajstić information content (AvgIpc) is 2.93. The van der Waals surface area contributed by atoms with Crippen LogP contribution in [0.1, 0.15) is 36.4 Å². The topological polar surface area (TPSA) is 39.6 Å². The second-order valence-corrected chi connectivity index (χ2v) is 7.14. The van der Waals surface area contributed by atoms with E-state index in [0.717, 1.165) is 48.1 Å². The smallest absolute Gasteiger partial charge is 0.185 e. The van der Waals surface area contributed by atoms with Crippen LogP contribution in [0, 0.1) is 5.92 Å². The van der Waals surface area contributed by atoms with Gasteiger partial charge in [0.15, 0.2) is 5.13 Å². The van der Waals surface area contributed by atoms with Crippen molar-refractivity contribution >= 4 is 16.5 Å². The van der Waals surface area contributed by atoms with Gasteiger partial charge in [-0.2, -0.15) is 0 Å². The molecule has 1 aromatic heterocycles. The summed E-state index contributed by atoms with van der Waals surface area (Å²) in [6.45, 7) is 4.44. The molecule has 3 rings (SSSR count). The normalized spacial score (nSPS) is 31.0. The molecule has 0 saturated carbocycles. The zero-order valence-electron chi connectivity index (χ0n) is 12.0. The summed E-state index contributed by atoms with van der Waals surface area (Å²) in [7, 11) is 4.31. The lowest BCUT2D eigenvalue weighted by Gasteiger charge is -2.22. The Morgan fingerprint density at radius 3 is 2.79 bits per heavy atom. The third-order valence-electron chi connectivity index (χ3n) is 4.42. The maximum atomic E-state index is 10.1. The first kappa shape index (κ1) is 13.3. The molecule has 0 amide bonds. The molecule has 19 heavy (non-hydrogen) atoms. The number of hydrogen-bond acceptors (Lipinski definition) is 5. The van der Waals surface area contributed by atoms with Crippen LogP contribution in [-0.2, 0) is 6.42 Å². The fourth-order valence-corrected chi connectivity index (χ4v) is 4.45. The molecule has 3 atom stereocenters. The van der Waals surface area contributed by atoms with E-state index < -0.39 is 0 Å². The first-order valence-corrected chi connectivity index (χ1v) is 7.97. The Bertz CT molecular complexity index is 460. The van der Waals surface area contributed by atoms with E-state index in [1.165, 1.54) is 0 Å². The van der Waals surface area contributed by atoms with Gasteiger partial charge < -0.3 is 14.9 Å². The predicted octanol–water partition coefficient (Wildman–Crippen LogP) is 1.90. The molecule has 106 valence electrons. The third-order valence-corrected chi connectivity index (χ3v) is 5.68. The van der Waals surface area contributed by atoms with Gasteiger partial charge >= 0.3 is 0 Å². The van der Waals surface area contributed by atoms with Crippen molar-refractivity contribution in [2.75, 3.05) is 32.1 Å². The molecular formula is C14H23N3OS. The highest BCUT2D eigenvalue weighted by Crippen LogP contribution is 2.39. The minimum Gasteiger partial charge on any atom is -0.388 e. The highest BCUT2D eigenvalue weighted by molar-refractivity contribution is 7.15. The van der Waals surface area contributed by atoms with Crippen molar-refractivity contribution in [3.8, 4) is 0 Å². The zero-order valence-corrected chi connectivity index (χ0v) is 12.8. The van der Waals surface area contributed by atoms with Crippen LogP contribution in [0.5, 0.6) is 0 Å². The van der Waals surface area contributed by atoms with Crippen LogP contribution in [0.25, 0.3) is 0 Å². The number of thiazole rings is 1. The van der Waals surface area contributed by atoms with Crippen molar-refractivity contribution in [3.05, 3.63) is 10.6 Å². The van der Waals surface area contributed by atoms with E-state index in [1.54, 1.807) is 11.3 Å². The molecule has 1 aliphatic carbocycles. The Balaban J connectivity index is 1.81. The zero-order chi connectivity index (χ0) is 13.6. The summed E-state index contributed by atoms with van der Waals surface area (Å²) in [4.78, 5) is 10.6. The number of aromatic nitrogens is 1. The van der Waals surface area contributed by atoms with Crippen LogP contribution < -0.4 is 4.90 Å². The number of aliphatic hydroxyl groups is 1. The van der Waals surface area contributed by atoms with Crippen LogP contribution in [0.4, 0.5) is 5.13 Å². The molecule has 0 bridgehead atoms. The summed E-state index contributed by atoms with van der Waals surface area (Å²) < 4.78 is 0. The molecule has 1 aliphatic heterocycles. The lowest BCUT2D eigenvalue weighted by Crippen LogP contribution is -2.34. The quantitative estimate of drug-likeness (QED) is 0.899. The third kappa shape index (κ3) is 2.39. The number of anilines is 1.